The zero-order valence-corrected chi connectivity index (χ0v) is 18.5. The van der Waals surface area contributed by atoms with E-state index in [1.54, 1.807) is 22.2 Å². The molecule has 2 aromatic rings. The van der Waals surface area contributed by atoms with Gasteiger partial charge in [0.05, 0.1) is 11.7 Å². The summed E-state index contributed by atoms with van der Waals surface area (Å²) < 4.78 is 1.63. The van der Waals surface area contributed by atoms with Crippen LogP contribution in [0.1, 0.15) is 69.7 Å². The number of nitrogens with zero attached hydrogens (tertiary/aromatic N) is 2. The molecule has 156 valence electrons. The Morgan fingerprint density at radius 3 is 2.83 bits per heavy atom. The molecule has 2 aromatic heterocycles. The second-order valence-corrected chi connectivity index (χ2v) is 11.2. The highest BCUT2D eigenvalue weighted by molar-refractivity contribution is 7.18. The van der Waals surface area contributed by atoms with Gasteiger partial charge in [-0.05, 0) is 67.3 Å². The number of amides is 1. The topological polar surface area (TPSA) is 64.0 Å². The fourth-order valence-electron chi connectivity index (χ4n) is 6.25. The molecule has 2 saturated carbocycles. The maximum Gasteiger partial charge on any atom is 0.262 e. The van der Waals surface area contributed by atoms with Crippen LogP contribution in [0.25, 0.3) is 10.2 Å². The van der Waals surface area contributed by atoms with E-state index in [9.17, 15) is 9.59 Å². The van der Waals surface area contributed by atoms with Crippen LogP contribution < -0.4 is 10.9 Å². The quantitative estimate of drug-likeness (QED) is 0.822. The SMILES string of the molecule is CC1(C)C2CCC1(C)C(NC(=O)CCn1cnc3sc4c(c3c1=O)CCCC4)C2. The molecule has 2 fully saturated rings. The molecule has 29 heavy (non-hydrogen) atoms. The van der Waals surface area contributed by atoms with Crippen molar-refractivity contribution in [2.45, 2.75) is 84.7 Å². The lowest BCUT2D eigenvalue weighted by molar-refractivity contribution is -0.123. The number of aromatic nitrogens is 2. The van der Waals surface area contributed by atoms with Gasteiger partial charge in [0.25, 0.3) is 5.56 Å². The molecule has 3 aliphatic rings. The predicted octanol–water partition coefficient (Wildman–Crippen LogP) is 4.06. The Kier molecular flexibility index (Phi) is 4.43. The first-order valence-electron chi connectivity index (χ1n) is 11.1. The molecule has 0 aliphatic heterocycles. The first-order chi connectivity index (χ1) is 13.8. The van der Waals surface area contributed by atoms with Crippen molar-refractivity contribution in [3.63, 3.8) is 0 Å². The summed E-state index contributed by atoms with van der Waals surface area (Å²) in [5.41, 5.74) is 1.70. The average Bonchev–Trinajstić information content (AvgIpc) is 3.23. The molecule has 5 nitrogen and oxygen atoms in total. The van der Waals surface area contributed by atoms with Crippen LogP contribution in [-0.2, 0) is 24.2 Å². The number of carbonyl (C=O) groups is 1. The van der Waals surface area contributed by atoms with Gasteiger partial charge < -0.3 is 5.32 Å². The van der Waals surface area contributed by atoms with Crippen molar-refractivity contribution in [3.8, 4) is 0 Å². The third-order valence-electron chi connectivity index (χ3n) is 8.65. The minimum atomic E-state index is 0.0234. The second-order valence-electron chi connectivity index (χ2n) is 10.1. The molecule has 3 aliphatic carbocycles. The number of thiophene rings is 1. The summed E-state index contributed by atoms with van der Waals surface area (Å²) in [6, 6.07) is 0.255. The molecule has 3 unspecified atom stereocenters. The number of nitrogens with one attached hydrogen (secondary N) is 1. The van der Waals surface area contributed by atoms with Gasteiger partial charge in [-0.25, -0.2) is 4.98 Å². The Balaban J connectivity index is 1.29. The molecule has 0 saturated heterocycles. The molecule has 1 N–H and O–H groups in total. The van der Waals surface area contributed by atoms with E-state index < -0.39 is 0 Å². The maximum absolute atomic E-state index is 13.1. The van der Waals surface area contributed by atoms with Crippen LogP contribution in [-0.4, -0.2) is 21.5 Å². The molecular formula is C23H31N3O2S. The van der Waals surface area contributed by atoms with Gasteiger partial charge in [0.1, 0.15) is 4.83 Å². The van der Waals surface area contributed by atoms with Crippen molar-refractivity contribution >= 4 is 27.5 Å². The van der Waals surface area contributed by atoms with Gasteiger partial charge in [-0.3, -0.25) is 14.2 Å². The molecule has 2 heterocycles. The normalized spacial score (nSPS) is 29.9. The van der Waals surface area contributed by atoms with E-state index in [1.165, 1.54) is 29.7 Å². The standard InChI is InChI=1S/C23H31N3O2S/c1-22(2)14-8-10-23(22,3)17(12-14)25-18(27)9-11-26-13-24-20-19(21(26)28)15-6-4-5-7-16(15)29-20/h13-14,17H,4-12H2,1-3H3,(H,25,27). The van der Waals surface area contributed by atoms with E-state index in [1.807, 2.05) is 0 Å². The summed E-state index contributed by atoms with van der Waals surface area (Å²) in [4.78, 5) is 32.5. The summed E-state index contributed by atoms with van der Waals surface area (Å²) in [6.07, 6.45) is 9.91. The Bertz CT molecular complexity index is 1040. The van der Waals surface area contributed by atoms with Gasteiger partial charge in [-0.15, -0.1) is 11.3 Å². The van der Waals surface area contributed by atoms with Gasteiger partial charge >= 0.3 is 0 Å². The van der Waals surface area contributed by atoms with Crippen LogP contribution >= 0.6 is 11.3 Å². The highest BCUT2D eigenvalue weighted by Crippen LogP contribution is 2.65. The van der Waals surface area contributed by atoms with E-state index in [0.717, 1.165) is 35.9 Å². The summed E-state index contributed by atoms with van der Waals surface area (Å²) in [5, 5.41) is 4.11. The minimum absolute atomic E-state index is 0.0234. The highest BCUT2D eigenvalue weighted by atomic mass is 32.1. The van der Waals surface area contributed by atoms with Crippen molar-refractivity contribution in [1.29, 1.82) is 0 Å². The van der Waals surface area contributed by atoms with Crippen LogP contribution in [0.4, 0.5) is 0 Å². The lowest BCUT2D eigenvalue weighted by Crippen LogP contribution is -2.47. The first kappa shape index (κ1) is 19.3. The van der Waals surface area contributed by atoms with Crippen LogP contribution in [0.3, 0.4) is 0 Å². The van der Waals surface area contributed by atoms with Gasteiger partial charge in [-0.2, -0.15) is 0 Å². The van der Waals surface area contributed by atoms with E-state index in [0.29, 0.717) is 18.9 Å². The largest absolute Gasteiger partial charge is 0.353 e. The third-order valence-corrected chi connectivity index (χ3v) is 9.85. The highest BCUT2D eigenvalue weighted by Gasteiger charge is 2.61. The van der Waals surface area contributed by atoms with Gasteiger partial charge in [0.15, 0.2) is 0 Å². The number of carbonyl (C=O) groups excluding carboxylic acids is 1. The Morgan fingerprint density at radius 2 is 2.10 bits per heavy atom. The molecule has 5 rings (SSSR count). The molecule has 1 amide bonds. The smallest absolute Gasteiger partial charge is 0.262 e. The van der Waals surface area contributed by atoms with Crippen molar-refractivity contribution < 1.29 is 4.79 Å². The Morgan fingerprint density at radius 1 is 1.31 bits per heavy atom. The Labute approximate surface area is 175 Å². The van der Waals surface area contributed by atoms with Crippen LogP contribution in [0.2, 0.25) is 0 Å². The van der Waals surface area contributed by atoms with E-state index in [-0.39, 0.29) is 28.3 Å². The number of hydrogen-bond donors (Lipinski definition) is 1. The van der Waals surface area contributed by atoms with Crippen molar-refractivity contribution in [3.05, 3.63) is 27.1 Å². The maximum atomic E-state index is 13.1. The summed E-state index contributed by atoms with van der Waals surface area (Å²) in [6.45, 7) is 7.46. The zero-order valence-electron chi connectivity index (χ0n) is 17.7. The van der Waals surface area contributed by atoms with Gasteiger partial charge in [0.2, 0.25) is 5.91 Å². The minimum Gasteiger partial charge on any atom is -0.353 e. The van der Waals surface area contributed by atoms with Gasteiger partial charge in [0, 0.05) is 23.9 Å². The lowest BCUT2D eigenvalue weighted by Gasteiger charge is -2.39. The van der Waals surface area contributed by atoms with E-state index in [4.69, 9.17) is 0 Å². The molecular weight excluding hydrogens is 382 g/mol. The van der Waals surface area contributed by atoms with E-state index >= 15 is 0 Å². The number of fused-ring (bicyclic) bond motifs is 5. The molecule has 0 radical (unpaired) electrons. The fourth-order valence-corrected chi connectivity index (χ4v) is 7.47. The van der Waals surface area contributed by atoms with Crippen LogP contribution in [0.15, 0.2) is 11.1 Å². The lowest BCUT2D eigenvalue weighted by atomic mass is 9.69. The molecule has 0 spiro atoms. The zero-order chi connectivity index (χ0) is 20.4. The van der Waals surface area contributed by atoms with E-state index in [2.05, 4.69) is 31.1 Å². The summed E-state index contributed by atoms with van der Waals surface area (Å²) in [5.74, 6) is 0.760. The molecule has 6 heteroatoms. The fraction of sp³-hybridized carbons (Fsp3) is 0.696. The third kappa shape index (κ3) is 2.82. The average molecular weight is 414 g/mol. The number of aryl methyl sites for hydroxylation is 3. The molecule has 0 aromatic carbocycles. The predicted molar refractivity (Wildman–Crippen MR) is 116 cm³/mol. The second kappa shape index (κ2) is 6.66. The summed E-state index contributed by atoms with van der Waals surface area (Å²) in [7, 11) is 0. The number of rotatable bonds is 4. The van der Waals surface area contributed by atoms with Crippen molar-refractivity contribution in [2.75, 3.05) is 0 Å². The summed E-state index contributed by atoms with van der Waals surface area (Å²) >= 11 is 1.67. The van der Waals surface area contributed by atoms with Crippen LogP contribution in [0, 0.1) is 16.7 Å². The first-order valence-corrected chi connectivity index (χ1v) is 11.9. The van der Waals surface area contributed by atoms with Crippen molar-refractivity contribution in [2.24, 2.45) is 16.7 Å². The number of hydrogen-bond acceptors (Lipinski definition) is 4. The monoisotopic (exact) mass is 413 g/mol. The van der Waals surface area contributed by atoms with Crippen molar-refractivity contribution in [1.82, 2.24) is 14.9 Å². The molecule has 2 bridgehead atoms. The van der Waals surface area contributed by atoms with Crippen LogP contribution in [0.5, 0.6) is 0 Å². The Hall–Kier alpha value is -1.69. The van der Waals surface area contributed by atoms with Gasteiger partial charge in [-0.1, -0.05) is 20.8 Å². The molecule has 3 atom stereocenters.